The van der Waals surface area contributed by atoms with Gasteiger partial charge in [0.1, 0.15) is 11.6 Å². The summed E-state index contributed by atoms with van der Waals surface area (Å²) in [7, 11) is 0. The Hall–Kier alpha value is -2.01. The van der Waals surface area contributed by atoms with Gasteiger partial charge in [0.05, 0.1) is 6.54 Å². The van der Waals surface area contributed by atoms with E-state index in [1.165, 1.54) is 4.90 Å². The van der Waals surface area contributed by atoms with Crippen molar-refractivity contribution < 1.29 is 14.0 Å². The third-order valence-electron chi connectivity index (χ3n) is 3.48. The van der Waals surface area contributed by atoms with Crippen molar-refractivity contribution in [3.05, 3.63) is 35.0 Å². The number of furan rings is 1. The van der Waals surface area contributed by atoms with E-state index in [0.717, 1.165) is 5.39 Å². The van der Waals surface area contributed by atoms with E-state index in [4.69, 9.17) is 16.0 Å². The zero-order valence-electron chi connectivity index (χ0n) is 10.9. The fourth-order valence-corrected chi connectivity index (χ4v) is 2.62. The van der Waals surface area contributed by atoms with E-state index >= 15 is 0 Å². The van der Waals surface area contributed by atoms with Crippen molar-refractivity contribution in [2.24, 2.45) is 0 Å². The molecular weight excluding hydrogens is 280 g/mol. The van der Waals surface area contributed by atoms with Gasteiger partial charge in [-0.25, -0.2) is 4.79 Å². The molecule has 6 heteroatoms. The summed E-state index contributed by atoms with van der Waals surface area (Å²) < 4.78 is 5.43. The predicted molar refractivity (Wildman–Crippen MR) is 74.4 cm³/mol. The Bertz CT molecular complexity index is 695. The van der Waals surface area contributed by atoms with Crippen LogP contribution in [0.2, 0.25) is 5.22 Å². The van der Waals surface area contributed by atoms with Crippen molar-refractivity contribution in [3.63, 3.8) is 0 Å². The molecule has 1 aliphatic heterocycles. The zero-order valence-corrected chi connectivity index (χ0v) is 11.6. The summed E-state index contributed by atoms with van der Waals surface area (Å²) in [5, 5.41) is 3.68. The number of hydrogen-bond acceptors (Lipinski definition) is 3. The summed E-state index contributed by atoms with van der Waals surface area (Å²) >= 11 is 6.08. The molecule has 2 aromatic rings. The number of nitrogens with one attached hydrogen (secondary N) is 1. The van der Waals surface area contributed by atoms with Crippen molar-refractivity contribution in [2.45, 2.75) is 25.9 Å². The van der Waals surface area contributed by atoms with Gasteiger partial charge in [0.15, 0.2) is 5.22 Å². The Morgan fingerprint density at radius 3 is 2.80 bits per heavy atom. The van der Waals surface area contributed by atoms with Gasteiger partial charge in [0.2, 0.25) is 0 Å². The van der Waals surface area contributed by atoms with Crippen LogP contribution in [-0.4, -0.2) is 22.9 Å². The van der Waals surface area contributed by atoms with Gasteiger partial charge < -0.3 is 9.73 Å². The first kappa shape index (κ1) is 13.0. The number of amides is 3. The van der Waals surface area contributed by atoms with Gasteiger partial charge >= 0.3 is 6.03 Å². The van der Waals surface area contributed by atoms with E-state index in [-0.39, 0.29) is 23.7 Å². The van der Waals surface area contributed by atoms with Gasteiger partial charge in [-0.15, -0.1) is 0 Å². The molecule has 0 aliphatic carbocycles. The van der Waals surface area contributed by atoms with Crippen molar-refractivity contribution in [1.82, 2.24) is 10.2 Å². The number of urea groups is 1. The number of para-hydroxylation sites is 1. The number of halogens is 1. The molecule has 5 nitrogen and oxygen atoms in total. The van der Waals surface area contributed by atoms with E-state index in [0.29, 0.717) is 17.6 Å². The summed E-state index contributed by atoms with van der Waals surface area (Å²) in [5.41, 5.74) is 1.30. The third-order valence-corrected chi connectivity index (χ3v) is 3.79. The molecule has 1 unspecified atom stereocenters. The smallest absolute Gasteiger partial charge is 0.325 e. The minimum Gasteiger partial charge on any atom is -0.444 e. The molecular formula is C14H13ClN2O3. The Kier molecular flexibility index (Phi) is 3.14. The number of benzene rings is 1. The standard InChI is InChI=1S/C14H13ClN2O3/c1-2-10-13(18)17(14(19)16-10)7-9-8-5-3-4-6-11(8)20-12(9)15/h3-6,10H,2,7H2,1H3,(H,16,19). The average Bonchev–Trinajstić information content (AvgIpc) is 2.90. The maximum Gasteiger partial charge on any atom is 0.325 e. The number of nitrogens with zero attached hydrogens (tertiary/aromatic N) is 1. The second-order valence-corrected chi connectivity index (χ2v) is 5.03. The molecule has 2 heterocycles. The molecule has 0 bridgehead atoms. The second kappa shape index (κ2) is 4.83. The quantitative estimate of drug-likeness (QED) is 0.885. The fraction of sp³-hybridized carbons (Fsp3) is 0.286. The van der Waals surface area contributed by atoms with Crippen LogP contribution in [0.5, 0.6) is 0 Å². The molecule has 0 radical (unpaired) electrons. The molecule has 1 aliphatic rings. The fourth-order valence-electron chi connectivity index (χ4n) is 2.38. The predicted octanol–water partition coefficient (Wildman–Crippen LogP) is 2.92. The van der Waals surface area contributed by atoms with Crippen LogP contribution in [0.4, 0.5) is 4.79 Å². The topological polar surface area (TPSA) is 62.6 Å². The average molecular weight is 293 g/mol. The number of hydrogen-bond donors (Lipinski definition) is 1. The molecule has 104 valence electrons. The SMILES string of the molecule is CCC1NC(=O)N(Cc2c(Cl)oc3ccccc23)C1=O. The van der Waals surface area contributed by atoms with Crippen LogP contribution in [0, 0.1) is 0 Å². The van der Waals surface area contributed by atoms with Gasteiger partial charge in [0.25, 0.3) is 5.91 Å². The Morgan fingerprint density at radius 2 is 2.10 bits per heavy atom. The van der Waals surface area contributed by atoms with E-state index in [1.54, 1.807) is 6.07 Å². The van der Waals surface area contributed by atoms with E-state index in [2.05, 4.69) is 5.32 Å². The lowest BCUT2D eigenvalue weighted by molar-refractivity contribution is -0.127. The summed E-state index contributed by atoms with van der Waals surface area (Å²) in [6.07, 6.45) is 0.570. The highest BCUT2D eigenvalue weighted by Crippen LogP contribution is 2.31. The molecule has 1 aromatic carbocycles. The van der Waals surface area contributed by atoms with Crippen molar-refractivity contribution >= 4 is 34.5 Å². The maximum absolute atomic E-state index is 12.1. The van der Waals surface area contributed by atoms with Crippen molar-refractivity contribution in [2.75, 3.05) is 0 Å². The van der Waals surface area contributed by atoms with E-state index in [9.17, 15) is 9.59 Å². The van der Waals surface area contributed by atoms with Gasteiger partial charge in [-0.1, -0.05) is 25.1 Å². The zero-order chi connectivity index (χ0) is 14.3. The first-order valence-electron chi connectivity index (χ1n) is 6.39. The lowest BCUT2D eigenvalue weighted by Crippen LogP contribution is -2.30. The summed E-state index contributed by atoms with van der Waals surface area (Å²) in [5.74, 6) is -0.223. The van der Waals surface area contributed by atoms with Crippen molar-refractivity contribution in [3.8, 4) is 0 Å². The number of fused-ring (bicyclic) bond motifs is 1. The molecule has 0 saturated carbocycles. The number of rotatable bonds is 3. The number of imide groups is 1. The van der Waals surface area contributed by atoms with Gasteiger partial charge in [-0.3, -0.25) is 9.69 Å². The van der Waals surface area contributed by atoms with Crippen LogP contribution in [0.3, 0.4) is 0 Å². The molecule has 3 rings (SSSR count). The van der Waals surface area contributed by atoms with Gasteiger partial charge in [0, 0.05) is 10.9 Å². The van der Waals surface area contributed by atoms with Gasteiger partial charge in [-0.05, 0) is 24.1 Å². The molecule has 1 aromatic heterocycles. The maximum atomic E-state index is 12.1. The lowest BCUT2D eigenvalue weighted by Gasteiger charge is -2.12. The molecule has 1 N–H and O–H groups in total. The third kappa shape index (κ3) is 1.94. The second-order valence-electron chi connectivity index (χ2n) is 4.69. The summed E-state index contributed by atoms with van der Waals surface area (Å²) in [6.45, 7) is 1.98. The Balaban J connectivity index is 1.96. The molecule has 1 saturated heterocycles. The number of carbonyl (C=O) groups is 2. The van der Waals surface area contributed by atoms with Crippen LogP contribution >= 0.6 is 11.6 Å². The monoisotopic (exact) mass is 292 g/mol. The van der Waals surface area contributed by atoms with Crippen LogP contribution < -0.4 is 5.32 Å². The van der Waals surface area contributed by atoms with Crippen molar-refractivity contribution in [1.29, 1.82) is 0 Å². The molecule has 20 heavy (non-hydrogen) atoms. The van der Waals surface area contributed by atoms with E-state index in [1.807, 2.05) is 25.1 Å². The number of carbonyl (C=O) groups excluding carboxylic acids is 2. The highest BCUT2D eigenvalue weighted by atomic mass is 35.5. The highest BCUT2D eigenvalue weighted by Gasteiger charge is 2.37. The van der Waals surface area contributed by atoms with Crippen LogP contribution in [0.25, 0.3) is 11.0 Å². The minimum atomic E-state index is -0.445. The normalized spacial score (nSPS) is 18.9. The molecule has 3 amide bonds. The summed E-state index contributed by atoms with van der Waals surface area (Å²) in [4.78, 5) is 25.1. The summed E-state index contributed by atoms with van der Waals surface area (Å²) in [6, 6.07) is 6.52. The molecule has 1 fully saturated rings. The highest BCUT2D eigenvalue weighted by molar-refractivity contribution is 6.30. The Labute approximate surface area is 120 Å². The largest absolute Gasteiger partial charge is 0.444 e. The van der Waals surface area contributed by atoms with Gasteiger partial charge in [-0.2, -0.15) is 0 Å². The lowest BCUT2D eigenvalue weighted by atomic mass is 10.1. The first-order chi connectivity index (χ1) is 9.61. The van der Waals surface area contributed by atoms with Crippen LogP contribution in [0.1, 0.15) is 18.9 Å². The van der Waals surface area contributed by atoms with Crippen LogP contribution in [0.15, 0.2) is 28.7 Å². The minimum absolute atomic E-state index is 0.122. The first-order valence-corrected chi connectivity index (χ1v) is 6.77. The molecule has 0 spiro atoms. The van der Waals surface area contributed by atoms with E-state index < -0.39 is 6.04 Å². The van der Waals surface area contributed by atoms with Crippen LogP contribution in [-0.2, 0) is 11.3 Å². The Morgan fingerprint density at radius 1 is 1.35 bits per heavy atom. The molecule has 1 atom stereocenters.